The molecule has 0 saturated carbocycles. The van der Waals surface area contributed by atoms with E-state index in [-0.39, 0.29) is 10.9 Å². The maximum Gasteiger partial charge on any atom is 0.151 e. The quantitative estimate of drug-likeness (QED) is 0.590. The van der Waals surface area contributed by atoms with Crippen LogP contribution in [0.15, 0.2) is 16.5 Å². The molecule has 0 radical (unpaired) electrons. The number of nitrogens with one attached hydrogen (secondary N) is 2. The van der Waals surface area contributed by atoms with Crippen LogP contribution in [0, 0.1) is 5.41 Å². The van der Waals surface area contributed by atoms with Crippen molar-refractivity contribution in [3.05, 3.63) is 11.5 Å². The molecule has 0 rings (SSSR count). The lowest BCUT2D eigenvalue weighted by Crippen LogP contribution is -2.19. The van der Waals surface area contributed by atoms with Gasteiger partial charge in [0, 0.05) is 12.8 Å². The van der Waals surface area contributed by atoms with Crippen LogP contribution >= 0.6 is 11.6 Å². The van der Waals surface area contributed by atoms with E-state index >= 15 is 0 Å². The van der Waals surface area contributed by atoms with Crippen LogP contribution < -0.4 is 11.1 Å². The first-order chi connectivity index (χ1) is 6.13. The van der Waals surface area contributed by atoms with Crippen molar-refractivity contribution < 1.29 is 0 Å². The lowest BCUT2D eigenvalue weighted by Gasteiger charge is -2.06. The van der Waals surface area contributed by atoms with Gasteiger partial charge < -0.3 is 11.1 Å². The van der Waals surface area contributed by atoms with Crippen LogP contribution in [0.5, 0.6) is 0 Å². The standard InChI is InChI=1S/C8H15ClN4/c1-3-5-13-8(12-4-2)6(10)7(9)11/h5,11-12H,3-4,10H2,1-2H3/b8-6+,11-7?,13-5-. The van der Waals surface area contributed by atoms with E-state index in [9.17, 15) is 0 Å². The fourth-order valence-corrected chi connectivity index (χ4v) is 0.754. The van der Waals surface area contributed by atoms with E-state index in [4.69, 9.17) is 22.7 Å². The molecule has 74 valence electrons. The summed E-state index contributed by atoms with van der Waals surface area (Å²) in [6, 6.07) is 0. The molecule has 0 aliphatic rings. The first kappa shape index (κ1) is 12.0. The number of aliphatic imine (C=N–C) groups is 1. The molecule has 0 aliphatic carbocycles. The highest BCUT2D eigenvalue weighted by molar-refractivity contribution is 6.68. The molecular weight excluding hydrogens is 188 g/mol. The van der Waals surface area contributed by atoms with Crippen molar-refractivity contribution in [1.29, 1.82) is 5.41 Å². The highest BCUT2D eigenvalue weighted by Gasteiger charge is 2.03. The van der Waals surface area contributed by atoms with Crippen molar-refractivity contribution in [3.63, 3.8) is 0 Å². The highest BCUT2D eigenvalue weighted by Crippen LogP contribution is 2.01. The molecule has 0 aromatic heterocycles. The van der Waals surface area contributed by atoms with E-state index in [1.165, 1.54) is 0 Å². The summed E-state index contributed by atoms with van der Waals surface area (Å²) >= 11 is 5.42. The lowest BCUT2D eigenvalue weighted by molar-refractivity contribution is 0.830. The molecule has 5 heteroatoms. The summed E-state index contributed by atoms with van der Waals surface area (Å²) in [6.45, 7) is 4.59. The molecular formula is C8H15ClN4. The van der Waals surface area contributed by atoms with Crippen molar-refractivity contribution in [2.24, 2.45) is 10.7 Å². The first-order valence-electron chi connectivity index (χ1n) is 4.14. The van der Waals surface area contributed by atoms with Gasteiger partial charge in [-0.25, -0.2) is 4.99 Å². The van der Waals surface area contributed by atoms with E-state index in [2.05, 4.69) is 10.3 Å². The molecule has 0 atom stereocenters. The van der Waals surface area contributed by atoms with E-state index in [1.807, 2.05) is 13.8 Å². The van der Waals surface area contributed by atoms with Gasteiger partial charge in [-0.15, -0.1) is 0 Å². The van der Waals surface area contributed by atoms with E-state index < -0.39 is 0 Å². The van der Waals surface area contributed by atoms with Crippen molar-refractivity contribution in [3.8, 4) is 0 Å². The second-order valence-corrected chi connectivity index (χ2v) is 2.70. The number of nitrogens with zero attached hydrogens (tertiary/aromatic N) is 1. The minimum atomic E-state index is -0.191. The average Bonchev–Trinajstić information content (AvgIpc) is 2.11. The summed E-state index contributed by atoms with van der Waals surface area (Å²) < 4.78 is 0. The molecule has 0 saturated heterocycles. The molecule has 0 bridgehead atoms. The van der Waals surface area contributed by atoms with E-state index in [1.54, 1.807) is 6.21 Å². The van der Waals surface area contributed by atoms with Crippen molar-refractivity contribution >= 4 is 23.0 Å². The van der Waals surface area contributed by atoms with E-state index in [0.717, 1.165) is 6.42 Å². The Morgan fingerprint density at radius 3 is 2.62 bits per heavy atom. The zero-order chi connectivity index (χ0) is 10.3. The number of nitrogens with two attached hydrogens (primary N) is 1. The van der Waals surface area contributed by atoms with Crippen LogP contribution in [-0.2, 0) is 0 Å². The number of rotatable bonds is 5. The Bertz CT molecular complexity index is 232. The minimum absolute atomic E-state index is 0.174. The smallest absolute Gasteiger partial charge is 0.151 e. The molecule has 0 aromatic rings. The number of allylic oxidation sites excluding steroid dienone is 1. The molecule has 0 amide bonds. The SMILES string of the molecule is CC/C=N\C(NCC)=C(\N)C(=N)Cl. The molecule has 0 fully saturated rings. The molecule has 13 heavy (non-hydrogen) atoms. The fourth-order valence-electron chi connectivity index (χ4n) is 0.664. The maximum atomic E-state index is 7.11. The lowest BCUT2D eigenvalue weighted by atomic mass is 10.4. The largest absolute Gasteiger partial charge is 0.393 e. The second-order valence-electron chi connectivity index (χ2n) is 2.33. The Morgan fingerprint density at radius 1 is 1.62 bits per heavy atom. The average molecular weight is 203 g/mol. The summed E-state index contributed by atoms with van der Waals surface area (Å²) in [5, 5.41) is 9.85. The van der Waals surface area contributed by atoms with Gasteiger partial charge in [-0.3, -0.25) is 5.41 Å². The predicted molar refractivity (Wildman–Crippen MR) is 57.3 cm³/mol. The van der Waals surface area contributed by atoms with Gasteiger partial charge in [0.1, 0.15) is 10.9 Å². The normalized spacial score (nSPS) is 12.8. The van der Waals surface area contributed by atoms with Gasteiger partial charge >= 0.3 is 0 Å². The third-order valence-electron chi connectivity index (χ3n) is 1.24. The van der Waals surface area contributed by atoms with Gasteiger partial charge in [0.05, 0.1) is 0 Å². The fraction of sp³-hybridized carbons (Fsp3) is 0.500. The van der Waals surface area contributed by atoms with Crippen LogP contribution in [0.25, 0.3) is 0 Å². The number of halogens is 1. The zero-order valence-corrected chi connectivity index (χ0v) is 8.65. The van der Waals surface area contributed by atoms with Crippen molar-refractivity contribution in [2.45, 2.75) is 20.3 Å². The Kier molecular flexibility index (Phi) is 5.97. The van der Waals surface area contributed by atoms with Crippen molar-refractivity contribution in [1.82, 2.24) is 5.32 Å². The van der Waals surface area contributed by atoms with Crippen LogP contribution in [0.1, 0.15) is 20.3 Å². The summed E-state index contributed by atoms with van der Waals surface area (Å²) in [6.07, 6.45) is 2.53. The number of hydrogen-bond acceptors (Lipinski definition) is 4. The molecule has 0 spiro atoms. The Labute approximate surface area is 83.4 Å². The third kappa shape index (κ3) is 4.52. The van der Waals surface area contributed by atoms with Crippen LogP contribution in [-0.4, -0.2) is 17.9 Å². The minimum Gasteiger partial charge on any atom is -0.393 e. The van der Waals surface area contributed by atoms with Crippen LogP contribution in [0.2, 0.25) is 0 Å². The molecule has 0 aromatic carbocycles. The molecule has 0 aliphatic heterocycles. The van der Waals surface area contributed by atoms with Gasteiger partial charge in [-0.2, -0.15) is 0 Å². The van der Waals surface area contributed by atoms with Gasteiger partial charge in [0.2, 0.25) is 0 Å². The molecule has 4 N–H and O–H groups in total. The van der Waals surface area contributed by atoms with Crippen LogP contribution in [0.4, 0.5) is 0 Å². The highest BCUT2D eigenvalue weighted by atomic mass is 35.5. The van der Waals surface area contributed by atoms with Gasteiger partial charge in [0.25, 0.3) is 0 Å². The predicted octanol–water partition coefficient (Wildman–Crippen LogP) is 1.42. The second kappa shape index (κ2) is 6.48. The van der Waals surface area contributed by atoms with Gasteiger partial charge in [-0.05, 0) is 13.3 Å². The third-order valence-corrected chi connectivity index (χ3v) is 1.44. The maximum absolute atomic E-state index is 7.11. The monoisotopic (exact) mass is 202 g/mol. The number of hydrogen-bond donors (Lipinski definition) is 3. The Morgan fingerprint density at radius 2 is 2.23 bits per heavy atom. The Balaban J connectivity index is 4.66. The van der Waals surface area contributed by atoms with Gasteiger partial charge in [0.15, 0.2) is 5.82 Å². The summed E-state index contributed by atoms with van der Waals surface area (Å²) in [4.78, 5) is 4.05. The van der Waals surface area contributed by atoms with E-state index in [0.29, 0.717) is 12.4 Å². The van der Waals surface area contributed by atoms with Gasteiger partial charge in [-0.1, -0.05) is 18.5 Å². The summed E-state index contributed by atoms with van der Waals surface area (Å²) in [5.41, 5.74) is 5.71. The summed E-state index contributed by atoms with van der Waals surface area (Å²) in [7, 11) is 0. The van der Waals surface area contributed by atoms with Crippen LogP contribution in [0.3, 0.4) is 0 Å². The molecule has 0 unspecified atom stereocenters. The van der Waals surface area contributed by atoms with Crippen molar-refractivity contribution in [2.75, 3.05) is 6.54 Å². The first-order valence-corrected chi connectivity index (χ1v) is 4.51. The Hall–Kier alpha value is -1.03. The molecule has 0 heterocycles. The zero-order valence-electron chi connectivity index (χ0n) is 7.89. The topological polar surface area (TPSA) is 74.3 Å². The summed E-state index contributed by atoms with van der Waals surface area (Å²) in [5.74, 6) is 0.462. The molecule has 4 nitrogen and oxygen atoms in total.